The molecule has 1 aliphatic carbocycles. The molecule has 0 spiro atoms. The van der Waals surface area contributed by atoms with Gasteiger partial charge in [-0.05, 0) is 52.6 Å². The second-order valence-corrected chi connectivity index (χ2v) is 5.81. The van der Waals surface area contributed by atoms with Crippen molar-refractivity contribution in [1.29, 1.82) is 0 Å². The van der Waals surface area contributed by atoms with E-state index in [4.69, 9.17) is 0 Å². The van der Waals surface area contributed by atoms with Crippen molar-refractivity contribution in [2.24, 2.45) is 5.92 Å². The molecule has 1 N–H and O–H groups in total. The van der Waals surface area contributed by atoms with Crippen molar-refractivity contribution in [2.75, 3.05) is 6.54 Å². The summed E-state index contributed by atoms with van der Waals surface area (Å²) in [6.07, 6.45) is 3.24. The molecule has 1 heterocycles. The van der Waals surface area contributed by atoms with Crippen LogP contribution >= 0.6 is 0 Å². The van der Waals surface area contributed by atoms with Crippen LogP contribution in [-0.4, -0.2) is 21.9 Å². The highest BCUT2D eigenvalue weighted by Crippen LogP contribution is 2.46. The molecule has 0 aromatic carbocycles. The van der Waals surface area contributed by atoms with Crippen molar-refractivity contribution in [2.45, 2.75) is 52.1 Å². The predicted molar refractivity (Wildman–Crippen MR) is 66.5 cm³/mol. The fourth-order valence-corrected chi connectivity index (χ4v) is 2.19. The zero-order valence-corrected chi connectivity index (χ0v) is 10.8. The molecule has 0 amide bonds. The molecule has 0 aliphatic heterocycles. The summed E-state index contributed by atoms with van der Waals surface area (Å²) in [4.78, 5) is 0. The van der Waals surface area contributed by atoms with Gasteiger partial charge in [0.1, 0.15) is 0 Å². The van der Waals surface area contributed by atoms with E-state index in [1.54, 1.807) is 0 Å². The molecule has 16 heavy (non-hydrogen) atoms. The van der Waals surface area contributed by atoms with Gasteiger partial charge in [-0.2, -0.15) is 5.10 Å². The number of rotatable bonds is 4. The molecule has 2 unspecified atom stereocenters. The quantitative estimate of drug-likeness (QED) is 0.846. The predicted octanol–water partition coefficient (Wildman–Crippen LogP) is 2.39. The molecule has 3 heteroatoms. The maximum absolute atomic E-state index is 4.34. The number of aryl methyl sites for hydroxylation is 1. The lowest BCUT2D eigenvalue weighted by atomic mass is 10.1. The molecule has 0 radical (unpaired) electrons. The Labute approximate surface area is 98.2 Å². The Hall–Kier alpha value is -0.830. The van der Waals surface area contributed by atoms with Gasteiger partial charge in [-0.1, -0.05) is 0 Å². The lowest BCUT2D eigenvalue weighted by Gasteiger charge is -2.20. The van der Waals surface area contributed by atoms with Crippen LogP contribution in [0, 0.1) is 5.92 Å². The minimum absolute atomic E-state index is 0.234. The van der Waals surface area contributed by atoms with E-state index < -0.39 is 0 Å². The topological polar surface area (TPSA) is 29.9 Å². The summed E-state index contributed by atoms with van der Waals surface area (Å²) >= 11 is 0. The highest BCUT2D eigenvalue weighted by Gasteiger charge is 2.40. The zero-order valence-electron chi connectivity index (χ0n) is 10.8. The number of nitrogens with zero attached hydrogens (tertiary/aromatic N) is 2. The van der Waals surface area contributed by atoms with Crippen LogP contribution in [0.4, 0.5) is 0 Å². The average Bonchev–Trinajstić information content (AvgIpc) is 2.82. The average molecular weight is 221 g/mol. The summed E-state index contributed by atoms with van der Waals surface area (Å²) in [6, 6.07) is 2.17. The number of aromatic nitrogens is 2. The minimum Gasteiger partial charge on any atom is -0.312 e. The van der Waals surface area contributed by atoms with Crippen LogP contribution < -0.4 is 5.32 Å². The number of hydrogen-bond donors (Lipinski definition) is 1. The molecule has 1 aliphatic rings. The molecule has 2 rings (SSSR count). The van der Waals surface area contributed by atoms with Crippen LogP contribution in [0.5, 0.6) is 0 Å². The Morgan fingerprint density at radius 1 is 1.50 bits per heavy atom. The van der Waals surface area contributed by atoms with Crippen molar-refractivity contribution in [3.8, 4) is 0 Å². The highest BCUT2D eigenvalue weighted by molar-refractivity contribution is 5.17. The lowest BCUT2D eigenvalue weighted by molar-refractivity contribution is 0.413. The Morgan fingerprint density at radius 2 is 2.25 bits per heavy atom. The first kappa shape index (κ1) is 11.6. The van der Waals surface area contributed by atoms with E-state index >= 15 is 0 Å². The van der Waals surface area contributed by atoms with Gasteiger partial charge in [0.15, 0.2) is 0 Å². The van der Waals surface area contributed by atoms with E-state index in [9.17, 15) is 0 Å². The summed E-state index contributed by atoms with van der Waals surface area (Å²) in [5, 5.41) is 7.92. The van der Waals surface area contributed by atoms with Gasteiger partial charge in [0.05, 0.1) is 0 Å². The molecule has 1 saturated carbocycles. The van der Waals surface area contributed by atoms with Crippen molar-refractivity contribution in [1.82, 2.24) is 15.1 Å². The van der Waals surface area contributed by atoms with E-state index in [0.717, 1.165) is 24.9 Å². The van der Waals surface area contributed by atoms with Crippen LogP contribution in [0.25, 0.3) is 0 Å². The molecular formula is C13H23N3. The van der Waals surface area contributed by atoms with Crippen LogP contribution in [0.3, 0.4) is 0 Å². The zero-order chi connectivity index (χ0) is 11.8. The molecule has 2 atom stereocenters. The van der Waals surface area contributed by atoms with Crippen LogP contribution in [0.2, 0.25) is 0 Å². The molecule has 1 aromatic heterocycles. The first-order valence-corrected chi connectivity index (χ1v) is 6.28. The first-order valence-electron chi connectivity index (χ1n) is 6.28. The van der Waals surface area contributed by atoms with E-state index in [-0.39, 0.29) is 5.54 Å². The van der Waals surface area contributed by atoms with Gasteiger partial charge in [-0.25, -0.2) is 0 Å². The number of nitrogens with one attached hydrogen (secondary N) is 1. The van der Waals surface area contributed by atoms with Crippen molar-refractivity contribution in [3.05, 3.63) is 18.0 Å². The Balaban J connectivity index is 1.87. The van der Waals surface area contributed by atoms with Crippen LogP contribution in [0.15, 0.2) is 12.3 Å². The summed E-state index contributed by atoms with van der Waals surface area (Å²) in [5.41, 5.74) is 1.65. The van der Waals surface area contributed by atoms with Crippen molar-refractivity contribution >= 4 is 0 Å². The van der Waals surface area contributed by atoms with Crippen LogP contribution in [0.1, 0.15) is 45.7 Å². The molecule has 1 fully saturated rings. The third-order valence-corrected chi connectivity index (χ3v) is 3.25. The van der Waals surface area contributed by atoms with E-state index in [2.05, 4.69) is 48.9 Å². The fourth-order valence-electron chi connectivity index (χ4n) is 2.19. The normalized spacial score (nSPS) is 24.8. The standard InChI is InChI=1S/C13H23N3/c1-5-16-12(6-7-15-16)11-8-10(11)9-14-13(2,3)4/h6-7,10-11,14H,5,8-9H2,1-4H3. The monoisotopic (exact) mass is 221 g/mol. The maximum atomic E-state index is 4.34. The Kier molecular flexibility index (Phi) is 3.06. The molecule has 0 bridgehead atoms. The molecule has 3 nitrogen and oxygen atoms in total. The third kappa shape index (κ3) is 2.64. The van der Waals surface area contributed by atoms with E-state index in [0.29, 0.717) is 0 Å². The number of hydrogen-bond acceptors (Lipinski definition) is 2. The lowest BCUT2D eigenvalue weighted by Crippen LogP contribution is -2.37. The van der Waals surface area contributed by atoms with E-state index in [1.807, 2.05) is 6.20 Å². The fraction of sp³-hybridized carbons (Fsp3) is 0.769. The summed E-state index contributed by atoms with van der Waals surface area (Å²) < 4.78 is 2.13. The SMILES string of the molecule is CCn1nccc1C1CC1CNC(C)(C)C. The summed E-state index contributed by atoms with van der Waals surface area (Å²) in [5.74, 6) is 1.54. The maximum Gasteiger partial charge on any atom is 0.0492 e. The second kappa shape index (κ2) is 4.21. The third-order valence-electron chi connectivity index (χ3n) is 3.25. The molecule has 90 valence electrons. The Bertz CT molecular complexity index is 348. The van der Waals surface area contributed by atoms with Gasteiger partial charge in [0.25, 0.3) is 0 Å². The summed E-state index contributed by atoms with van der Waals surface area (Å²) in [6.45, 7) is 10.9. The highest BCUT2D eigenvalue weighted by atomic mass is 15.3. The molecule has 0 saturated heterocycles. The van der Waals surface area contributed by atoms with Gasteiger partial charge in [0, 0.05) is 29.9 Å². The van der Waals surface area contributed by atoms with Gasteiger partial charge in [-0.15, -0.1) is 0 Å². The van der Waals surface area contributed by atoms with Crippen molar-refractivity contribution in [3.63, 3.8) is 0 Å². The van der Waals surface area contributed by atoms with Gasteiger partial charge in [-0.3, -0.25) is 4.68 Å². The smallest absolute Gasteiger partial charge is 0.0492 e. The van der Waals surface area contributed by atoms with Gasteiger partial charge < -0.3 is 5.32 Å². The minimum atomic E-state index is 0.234. The molecule has 1 aromatic rings. The largest absolute Gasteiger partial charge is 0.312 e. The Morgan fingerprint density at radius 3 is 2.88 bits per heavy atom. The van der Waals surface area contributed by atoms with Gasteiger partial charge in [0.2, 0.25) is 0 Å². The van der Waals surface area contributed by atoms with E-state index in [1.165, 1.54) is 12.1 Å². The first-order chi connectivity index (χ1) is 7.51. The second-order valence-electron chi connectivity index (χ2n) is 5.81. The molecular weight excluding hydrogens is 198 g/mol. The van der Waals surface area contributed by atoms with Crippen molar-refractivity contribution < 1.29 is 0 Å². The summed E-state index contributed by atoms with van der Waals surface area (Å²) in [7, 11) is 0. The van der Waals surface area contributed by atoms with Gasteiger partial charge >= 0.3 is 0 Å². The van der Waals surface area contributed by atoms with Crippen LogP contribution in [-0.2, 0) is 6.54 Å².